The first-order valence-corrected chi connectivity index (χ1v) is 5.94. The molecular formula is C11H17N3O2. The molecule has 2 aliphatic heterocycles. The Balaban J connectivity index is 1.74. The van der Waals surface area contributed by atoms with E-state index in [0.29, 0.717) is 6.04 Å². The Morgan fingerprint density at radius 2 is 2.12 bits per heavy atom. The second kappa shape index (κ2) is 4.14. The van der Waals surface area contributed by atoms with Gasteiger partial charge in [-0.05, 0) is 25.7 Å². The van der Waals surface area contributed by atoms with Crippen LogP contribution in [0.3, 0.4) is 0 Å². The van der Waals surface area contributed by atoms with Crippen LogP contribution in [-0.2, 0) is 9.47 Å². The average Bonchev–Trinajstić information content (AvgIpc) is 2.83. The number of hydrogen-bond acceptors (Lipinski definition) is 4. The summed E-state index contributed by atoms with van der Waals surface area (Å²) in [7, 11) is 0. The van der Waals surface area contributed by atoms with Crippen molar-refractivity contribution in [1.29, 1.82) is 0 Å². The highest BCUT2D eigenvalue weighted by Crippen LogP contribution is 2.38. The van der Waals surface area contributed by atoms with Gasteiger partial charge in [-0.15, -0.1) is 0 Å². The van der Waals surface area contributed by atoms with Crippen LogP contribution < -0.4 is 0 Å². The van der Waals surface area contributed by atoms with Gasteiger partial charge < -0.3 is 9.47 Å². The number of aromatic nitrogens is 3. The minimum absolute atomic E-state index is 0.0348. The van der Waals surface area contributed by atoms with E-state index in [0.717, 1.165) is 45.5 Å². The van der Waals surface area contributed by atoms with Crippen LogP contribution in [0.4, 0.5) is 0 Å². The fourth-order valence-corrected chi connectivity index (χ4v) is 2.73. The maximum absolute atomic E-state index is 5.99. The highest BCUT2D eigenvalue weighted by atomic mass is 16.5. The van der Waals surface area contributed by atoms with Gasteiger partial charge in [0, 0.05) is 19.8 Å². The van der Waals surface area contributed by atoms with Gasteiger partial charge in [-0.3, -0.25) is 0 Å². The average molecular weight is 223 g/mol. The van der Waals surface area contributed by atoms with Crippen LogP contribution in [-0.4, -0.2) is 40.2 Å². The van der Waals surface area contributed by atoms with Crippen molar-refractivity contribution in [3.8, 4) is 0 Å². The molecule has 0 bridgehead atoms. The van der Waals surface area contributed by atoms with E-state index in [1.54, 1.807) is 6.33 Å². The van der Waals surface area contributed by atoms with Gasteiger partial charge in [0.25, 0.3) is 0 Å². The zero-order chi connectivity index (χ0) is 10.8. The highest BCUT2D eigenvalue weighted by molar-refractivity contribution is 4.90. The summed E-state index contributed by atoms with van der Waals surface area (Å²) in [5, 5.41) is 4.24. The molecule has 16 heavy (non-hydrogen) atoms. The summed E-state index contributed by atoms with van der Waals surface area (Å²) in [5.41, 5.74) is 0.0348. The molecule has 1 aromatic heterocycles. The van der Waals surface area contributed by atoms with Crippen molar-refractivity contribution in [3.63, 3.8) is 0 Å². The number of nitrogens with zero attached hydrogens (tertiary/aromatic N) is 3. The molecule has 2 fully saturated rings. The molecule has 1 unspecified atom stereocenters. The van der Waals surface area contributed by atoms with Gasteiger partial charge in [0.1, 0.15) is 12.7 Å². The lowest BCUT2D eigenvalue weighted by Crippen LogP contribution is -2.44. The summed E-state index contributed by atoms with van der Waals surface area (Å²) in [6.07, 6.45) is 7.51. The summed E-state index contributed by atoms with van der Waals surface area (Å²) in [6, 6.07) is 0.439. The summed E-state index contributed by atoms with van der Waals surface area (Å²) < 4.78 is 13.4. The Kier molecular flexibility index (Phi) is 2.65. The van der Waals surface area contributed by atoms with Gasteiger partial charge in [-0.1, -0.05) is 0 Å². The molecule has 2 saturated heterocycles. The predicted molar refractivity (Wildman–Crippen MR) is 57.0 cm³/mol. The van der Waals surface area contributed by atoms with Crippen LogP contribution >= 0.6 is 0 Å². The van der Waals surface area contributed by atoms with Crippen molar-refractivity contribution < 1.29 is 9.47 Å². The van der Waals surface area contributed by atoms with Crippen LogP contribution in [0.1, 0.15) is 31.7 Å². The molecule has 0 N–H and O–H groups in total. The summed E-state index contributed by atoms with van der Waals surface area (Å²) >= 11 is 0. The molecular weight excluding hydrogens is 206 g/mol. The largest absolute Gasteiger partial charge is 0.381 e. The van der Waals surface area contributed by atoms with Gasteiger partial charge in [0.15, 0.2) is 0 Å². The topological polar surface area (TPSA) is 49.2 Å². The van der Waals surface area contributed by atoms with E-state index >= 15 is 0 Å². The molecule has 1 atom stereocenters. The molecule has 5 heteroatoms. The minimum Gasteiger partial charge on any atom is -0.381 e. The van der Waals surface area contributed by atoms with Crippen LogP contribution in [0.2, 0.25) is 0 Å². The summed E-state index contributed by atoms with van der Waals surface area (Å²) in [4.78, 5) is 4.02. The summed E-state index contributed by atoms with van der Waals surface area (Å²) in [5.74, 6) is 0. The van der Waals surface area contributed by atoms with E-state index in [4.69, 9.17) is 9.47 Å². The quantitative estimate of drug-likeness (QED) is 0.717. The van der Waals surface area contributed by atoms with Crippen molar-refractivity contribution in [2.24, 2.45) is 0 Å². The van der Waals surface area contributed by atoms with Gasteiger partial charge in [0.05, 0.1) is 11.6 Å². The third-order valence-corrected chi connectivity index (χ3v) is 3.68. The Morgan fingerprint density at radius 3 is 2.88 bits per heavy atom. The van der Waals surface area contributed by atoms with Crippen LogP contribution in [0.5, 0.6) is 0 Å². The molecule has 88 valence electrons. The molecule has 5 nitrogen and oxygen atoms in total. The van der Waals surface area contributed by atoms with Gasteiger partial charge >= 0.3 is 0 Å². The van der Waals surface area contributed by atoms with Gasteiger partial charge in [-0.25, -0.2) is 9.67 Å². The second-order valence-electron chi connectivity index (χ2n) is 4.67. The lowest BCUT2D eigenvalue weighted by Gasteiger charge is -2.43. The van der Waals surface area contributed by atoms with E-state index < -0.39 is 0 Å². The fraction of sp³-hybridized carbons (Fsp3) is 0.818. The van der Waals surface area contributed by atoms with Crippen molar-refractivity contribution >= 4 is 0 Å². The molecule has 3 heterocycles. The van der Waals surface area contributed by atoms with Gasteiger partial charge in [0.2, 0.25) is 0 Å². The zero-order valence-corrected chi connectivity index (χ0v) is 9.34. The molecule has 0 saturated carbocycles. The molecule has 0 amide bonds. The van der Waals surface area contributed by atoms with Crippen LogP contribution in [0, 0.1) is 0 Å². The molecule has 1 aromatic rings. The Morgan fingerprint density at radius 1 is 1.25 bits per heavy atom. The summed E-state index contributed by atoms with van der Waals surface area (Å²) in [6.45, 7) is 2.47. The van der Waals surface area contributed by atoms with Crippen molar-refractivity contribution in [1.82, 2.24) is 14.8 Å². The smallest absolute Gasteiger partial charge is 0.137 e. The van der Waals surface area contributed by atoms with E-state index in [2.05, 4.69) is 10.1 Å². The van der Waals surface area contributed by atoms with Crippen molar-refractivity contribution in [2.75, 3.05) is 19.8 Å². The van der Waals surface area contributed by atoms with E-state index in [-0.39, 0.29) is 5.60 Å². The minimum atomic E-state index is 0.0348. The zero-order valence-electron chi connectivity index (χ0n) is 9.34. The lowest BCUT2D eigenvalue weighted by molar-refractivity contribution is -0.145. The molecule has 3 rings (SSSR count). The van der Waals surface area contributed by atoms with Crippen molar-refractivity contribution in [2.45, 2.75) is 37.3 Å². The van der Waals surface area contributed by atoms with Crippen LogP contribution in [0.15, 0.2) is 12.7 Å². The van der Waals surface area contributed by atoms with Gasteiger partial charge in [-0.2, -0.15) is 5.10 Å². The molecule has 0 aliphatic carbocycles. The monoisotopic (exact) mass is 223 g/mol. The number of rotatable bonds is 1. The van der Waals surface area contributed by atoms with E-state index in [9.17, 15) is 0 Å². The molecule has 1 spiro atoms. The molecule has 0 aromatic carbocycles. The normalized spacial score (nSPS) is 29.4. The first kappa shape index (κ1) is 10.2. The lowest BCUT2D eigenvalue weighted by atomic mass is 9.84. The Bertz CT molecular complexity index is 327. The van der Waals surface area contributed by atoms with Crippen LogP contribution in [0.25, 0.3) is 0 Å². The Hall–Kier alpha value is -0.940. The Labute approximate surface area is 94.8 Å². The second-order valence-corrected chi connectivity index (χ2v) is 4.67. The SMILES string of the molecule is c1ncn(C2CCOC3(CCOCC3)C2)n1. The van der Waals surface area contributed by atoms with E-state index in [1.807, 2.05) is 11.0 Å². The first-order valence-electron chi connectivity index (χ1n) is 5.94. The molecule has 2 aliphatic rings. The van der Waals surface area contributed by atoms with Crippen molar-refractivity contribution in [3.05, 3.63) is 12.7 Å². The maximum atomic E-state index is 5.99. The predicted octanol–water partition coefficient (Wildman–Crippen LogP) is 1.18. The van der Waals surface area contributed by atoms with E-state index in [1.165, 1.54) is 0 Å². The maximum Gasteiger partial charge on any atom is 0.137 e. The standard InChI is InChI=1S/C11H17N3O2/c1-4-16-11(2-5-15-6-3-11)7-10(1)14-9-12-8-13-14/h8-10H,1-7H2. The fourth-order valence-electron chi connectivity index (χ4n) is 2.73. The first-order chi connectivity index (χ1) is 7.88. The highest BCUT2D eigenvalue weighted by Gasteiger charge is 2.39. The number of hydrogen-bond donors (Lipinski definition) is 0. The third kappa shape index (κ3) is 1.85. The number of ether oxygens (including phenoxy) is 2. The molecule has 0 radical (unpaired) electrons. The third-order valence-electron chi connectivity index (χ3n) is 3.68.